The van der Waals surface area contributed by atoms with Gasteiger partial charge in [-0.15, -0.1) is 10.2 Å². The molecule has 0 bridgehead atoms. The minimum absolute atomic E-state index is 0.0700. The average Bonchev–Trinajstić information content (AvgIpc) is 3.30. The highest BCUT2D eigenvalue weighted by Gasteiger charge is 2.25. The Kier molecular flexibility index (Phi) is 5.99. The van der Waals surface area contributed by atoms with Gasteiger partial charge in [-0.1, -0.05) is 29.3 Å². The average molecular weight is 440 g/mol. The van der Waals surface area contributed by atoms with Crippen LogP contribution in [0.5, 0.6) is 5.88 Å². The van der Waals surface area contributed by atoms with Crippen molar-refractivity contribution in [2.45, 2.75) is 19.5 Å². The van der Waals surface area contributed by atoms with Gasteiger partial charge in [0.15, 0.2) is 0 Å². The largest absolute Gasteiger partial charge is 0.475 e. The zero-order valence-corrected chi connectivity index (χ0v) is 16.8. The number of nitrogens with one attached hydrogen (secondary N) is 1. The van der Waals surface area contributed by atoms with E-state index < -0.39 is 16.9 Å². The number of benzene rings is 1. The van der Waals surface area contributed by atoms with Crippen molar-refractivity contribution in [2.24, 2.45) is 0 Å². The Morgan fingerprint density at radius 1 is 1.38 bits per heavy atom. The predicted molar refractivity (Wildman–Crippen MR) is 104 cm³/mol. The summed E-state index contributed by atoms with van der Waals surface area (Å²) in [7, 11) is 1.26. The molecule has 2 heterocycles. The lowest BCUT2D eigenvalue weighted by molar-refractivity contribution is -0.385. The van der Waals surface area contributed by atoms with Gasteiger partial charge >= 0.3 is 11.6 Å². The van der Waals surface area contributed by atoms with Crippen molar-refractivity contribution in [1.82, 2.24) is 24.5 Å². The number of hydrogen-bond acceptors (Lipinski definition) is 7. The molecule has 1 aromatic carbocycles. The lowest BCUT2D eigenvalue weighted by Crippen LogP contribution is -2.24. The van der Waals surface area contributed by atoms with Crippen molar-refractivity contribution in [1.29, 1.82) is 0 Å². The number of carbonyl (C=O) groups excluding carboxylic acids is 1. The first kappa shape index (κ1) is 20.6. The minimum Gasteiger partial charge on any atom is -0.475 e. The summed E-state index contributed by atoms with van der Waals surface area (Å²) < 4.78 is 7.49. The highest BCUT2D eigenvalue weighted by molar-refractivity contribution is 6.35. The number of carbonyl (C=O) groups is 1. The van der Waals surface area contributed by atoms with Crippen molar-refractivity contribution >= 4 is 40.7 Å². The molecular formula is C16H15Cl2N7O4. The molecule has 29 heavy (non-hydrogen) atoms. The van der Waals surface area contributed by atoms with Crippen molar-refractivity contribution in [2.75, 3.05) is 12.4 Å². The van der Waals surface area contributed by atoms with Crippen LogP contribution in [0.4, 0.5) is 11.6 Å². The third kappa shape index (κ3) is 4.63. The van der Waals surface area contributed by atoms with Gasteiger partial charge in [-0.25, -0.2) is 14.3 Å². The lowest BCUT2D eigenvalue weighted by atomic mass is 10.2. The number of hydrogen-bond donors (Lipinski definition) is 1. The van der Waals surface area contributed by atoms with Gasteiger partial charge in [0.05, 0.1) is 18.6 Å². The zero-order valence-electron chi connectivity index (χ0n) is 15.2. The van der Waals surface area contributed by atoms with Crippen LogP contribution in [0, 0.1) is 10.1 Å². The number of methoxy groups -OCH3 is 1. The molecule has 1 atom stereocenters. The monoisotopic (exact) mass is 439 g/mol. The van der Waals surface area contributed by atoms with Gasteiger partial charge in [-0.2, -0.15) is 0 Å². The summed E-state index contributed by atoms with van der Waals surface area (Å²) >= 11 is 12.0. The second kappa shape index (κ2) is 8.45. The molecule has 0 spiro atoms. The summed E-state index contributed by atoms with van der Waals surface area (Å²) in [5, 5.41) is 22.6. The highest BCUT2D eigenvalue weighted by Crippen LogP contribution is 2.26. The summed E-state index contributed by atoms with van der Waals surface area (Å²) in [5.41, 5.74) is 0.442. The fraction of sp³-hybridized carbons (Fsp3) is 0.250. The van der Waals surface area contributed by atoms with Crippen LogP contribution in [-0.4, -0.2) is 42.5 Å². The molecule has 0 radical (unpaired) electrons. The van der Waals surface area contributed by atoms with Crippen molar-refractivity contribution in [3.63, 3.8) is 0 Å². The molecule has 0 saturated carbocycles. The molecule has 11 nitrogen and oxygen atoms in total. The van der Waals surface area contributed by atoms with Crippen molar-refractivity contribution < 1.29 is 14.5 Å². The first-order valence-electron chi connectivity index (χ1n) is 8.20. The fourth-order valence-electron chi connectivity index (χ4n) is 2.42. The van der Waals surface area contributed by atoms with E-state index >= 15 is 0 Å². The fourth-order valence-corrected chi connectivity index (χ4v) is 2.89. The van der Waals surface area contributed by atoms with Crippen LogP contribution in [0.2, 0.25) is 10.0 Å². The van der Waals surface area contributed by atoms with E-state index in [2.05, 4.69) is 20.5 Å². The zero-order chi connectivity index (χ0) is 21.1. The van der Waals surface area contributed by atoms with E-state index in [0.717, 1.165) is 16.4 Å². The maximum absolute atomic E-state index is 12.4. The highest BCUT2D eigenvalue weighted by atomic mass is 35.5. The summed E-state index contributed by atoms with van der Waals surface area (Å²) in [6.07, 6.45) is 2.56. The number of nitrogens with zero attached hydrogens (tertiary/aromatic N) is 6. The number of anilines is 1. The van der Waals surface area contributed by atoms with Crippen molar-refractivity contribution in [3.8, 4) is 5.88 Å². The van der Waals surface area contributed by atoms with E-state index in [1.54, 1.807) is 18.2 Å². The summed E-state index contributed by atoms with van der Waals surface area (Å²) in [6, 6.07) is 4.24. The van der Waals surface area contributed by atoms with Gasteiger partial charge in [0, 0.05) is 10.0 Å². The molecule has 0 fully saturated rings. The normalized spacial score (nSPS) is 11.9. The van der Waals surface area contributed by atoms with E-state index in [9.17, 15) is 14.9 Å². The van der Waals surface area contributed by atoms with Crippen LogP contribution in [0.1, 0.15) is 18.5 Å². The standard InChI is InChI=1S/C16H15Cl2N7O4/c1-9(24-7-13(25(27)28)15(21-24)29-2)14(26)20-16-19-8-23(22-16)6-10-3-4-11(17)5-12(10)18/h3-5,7-9H,6H2,1-2H3,(H,20,22,26). The van der Waals surface area contributed by atoms with E-state index in [1.807, 2.05) is 0 Å². The lowest BCUT2D eigenvalue weighted by Gasteiger charge is -2.10. The number of nitro groups is 1. The van der Waals surface area contributed by atoms with E-state index in [1.165, 1.54) is 25.0 Å². The minimum atomic E-state index is -0.866. The second-order valence-electron chi connectivity index (χ2n) is 5.93. The maximum Gasteiger partial charge on any atom is 0.350 e. The van der Waals surface area contributed by atoms with E-state index in [0.29, 0.717) is 16.6 Å². The number of ether oxygens (including phenoxy) is 1. The second-order valence-corrected chi connectivity index (χ2v) is 6.77. The first-order chi connectivity index (χ1) is 13.8. The van der Waals surface area contributed by atoms with Gasteiger partial charge in [-0.3, -0.25) is 20.2 Å². The Bertz CT molecular complexity index is 1070. The quantitative estimate of drug-likeness (QED) is 0.442. The smallest absolute Gasteiger partial charge is 0.350 e. The first-order valence-corrected chi connectivity index (χ1v) is 8.96. The molecule has 0 aliphatic heterocycles. The Morgan fingerprint density at radius 2 is 2.14 bits per heavy atom. The molecule has 3 rings (SSSR count). The number of halogens is 2. The number of amides is 1. The summed E-state index contributed by atoms with van der Waals surface area (Å²) in [4.78, 5) is 26.8. The SMILES string of the molecule is COc1nn(C(C)C(=O)Nc2ncn(Cc3ccc(Cl)cc3Cl)n2)cc1[N+](=O)[O-]. The predicted octanol–water partition coefficient (Wildman–Crippen LogP) is 2.95. The molecule has 0 aliphatic rings. The molecule has 2 aromatic heterocycles. The maximum atomic E-state index is 12.4. The third-order valence-electron chi connectivity index (χ3n) is 3.97. The number of aromatic nitrogens is 5. The Balaban J connectivity index is 1.69. The topological polar surface area (TPSA) is 130 Å². The summed E-state index contributed by atoms with van der Waals surface area (Å²) in [5.74, 6) is -0.621. The van der Waals surface area contributed by atoms with Crippen LogP contribution in [0.25, 0.3) is 0 Å². The molecular weight excluding hydrogens is 425 g/mol. The van der Waals surface area contributed by atoms with Crippen LogP contribution < -0.4 is 10.1 Å². The van der Waals surface area contributed by atoms with Gasteiger partial charge in [0.25, 0.3) is 5.91 Å². The molecule has 0 saturated heterocycles. The van der Waals surface area contributed by atoms with Crippen LogP contribution in [0.15, 0.2) is 30.7 Å². The van der Waals surface area contributed by atoms with Crippen LogP contribution in [-0.2, 0) is 11.3 Å². The molecule has 0 aliphatic carbocycles. The Hall–Kier alpha value is -3.18. The van der Waals surface area contributed by atoms with Gasteiger partial charge < -0.3 is 4.74 Å². The van der Waals surface area contributed by atoms with E-state index in [4.69, 9.17) is 27.9 Å². The number of rotatable bonds is 7. The molecule has 13 heteroatoms. The summed E-state index contributed by atoms with van der Waals surface area (Å²) in [6.45, 7) is 1.85. The van der Waals surface area contributed by atoms with Crippen LogP contribution in [0.3, 0.4) is 0 Å². The van der Waals surface area contributed by atoms with Gasteiger partial charge in [0.1, 0.15) is 18.6 Å². The van der Waals surface area contributed by atoms with E-state index in [-0.39, 0.29) is 17.5 Å². The molecule has 1 unspecified atom stereocenters. The van der Waals surface area contributed by atoms with Gasteiger partial charge in [-0.05, 0) is 24.6 Å². The van der Waals surface area contributed by atoms with Crippen LogP contribution >= 0.6 is 23.2 Å². The Morgan fingerprint density at radius 3 is 2.76 bits per heavy atom. The van der Waals surface area contributed by atoms with Gasteiger partial charge in [0.2, 0.25) is 5.95 Å². The molecule has 152 valence electrons. The molecule has 1 N–H and O–H groups in total. The Labute approximate surface area is 174 Å². The molecule has 1 amide bonds. The molecule has 3 aromatic rings. The third-order valence-corrected chi connectivity index (χ3v) is 4.55. The van der Waals surface area contributed by atoms with Crippen molar-refractivity contribution in [3.05, 3.63) is 56.4 Å².